The highest BCUT2D eigenvalue weighted by atomic mass is 35.5. The Labute approximate surface area is 161 Å². The normalized spacial score (nSPS) is 17.6. The van der Waals surface area contributed by atoms with E-state index >= 15 is 0 Å². The van der Waals surface area contributed by atoms with Gasteiger partial charge >= 0.3 is 0 Å². The summed E-state index contributed by atoms with van der Waals surface area (Å²) in [6, 6.07) is 0. The zero-order chi connectivity index (χ0) is 18.4. The quantitative estimate of drug-likeness (QED) is 0.723. The molecule has 2 rings (SSSR count). The monoisotopic (exact) mass is 390 g/mol. The van der Waals surface area contributed by atoms with E-state index < -0.39 is 5.41 Å². The van der Waals surface area contributed by atoms with E-state index in [0.717, 1.165) is 0 Å². The first-order chi connectivity index (χ1) is 11.9. The smallest absolute Gasteiger partial charge is 0.246 e. The number of nitrogens with zero attached hydrogens (tertiary/aromatic N) is 3. The van der Waals surface area contributed by atoms with Gasteiger partial charge in [-0.25, -0.2) is 0 Å². The predicted molar refractivity (Wildman–Crippen MR) is 98.8 cm³/mol. The molecule has 0 spiro atoms. The fraction of sp³-hybridized carbons (Fsp3) is 0.824. The maximum atomic E-state index is 12.8. The number of aromatic nitrogens is 2. The summed E-state index contributed by atoms with van der Waals surface area (Å²) < 4.78 is 16.3. The largest absolute Gasteiger partial charge is 0.381 e. The van der Waals surface area contributed by atoms with Gasteiger partial charge in [0.1, 0.15) is 6.10 Å². The first-order valence-electron chi connectivity index (χ1n) is 8.85. The Kier molecular flexibility index (Phi) is 8.95. The van der Waals surface area contributed by atoms with Crippen LogP contribution in [0.3, 0.4) is 0 Å². The molecule has 9 heteroatoms. The maximum Gasteiger partial charge on any atom is 0.246 e. The molecule has 1 aliphatic heterocycles. The molecule has 1 aromatic heterocycles. The molecular weight excluding hydrogens is 360 g/mol. The van der Waals surface area contributed by atoms with Crippen molar-refractivity contribution in [3.63, 3.8) is 0 Å². The number of hydrogen-bond donors (Lipinski definition) is 1. The van der Waals surface area contributed by atoms with Crippen LogP contribution in [-0.4, -0.2) is 54.4 Å². The van der Waals surface area contributed by atoms with Crippen LogP contribution in [-0.2, 0) is 20.8 Å². The van der Waals surface area contributed by atoms with E-state index in [-0.39, 0.29) is 31.0 Å². The van der Waals surface area contributed by atoms with E-state index in [1.807, 2.05) is 6.92 Å². The van der Waals surface area contributed by atoms with Gasteiger partial charge in [0.05, 0.1) is 12.0 Å². The van der Waals surface area contributed by atoms with Gasteiger partial charge in [0.15, 0.2) is 5.82 Å². The molecule has 1 aromatic rings. The van der Waals surface area contributed by atoms with Gasteiger partial charge in [-0.15, -0.1) is 12.4 Å². The first kappa shape index (κ1) is 22.8. The van der Waals surface area contributed by atoms with Gasteiger partial charge in [-0.3, -0.25) is 4.79 Å². The molecule has 8 nitrogen and oxygen atoms in total. The molecule has 2 heterocycles. The molecule has 150 valence electrons. The average molecular weight is 391 g/mol. The minimum absolute atomic E-state index is 0. The lowest BCUT2D eigenvalue weighted by molar-refractivity contribution is -0.146. The predicted octanol–water partition coefficient (Wildman–Crippen LogP) is 1.94. The summed E-state index contributed by atoms with van der Waals surface area (Å²) in [5.41, 5.74) is 5.35. The molecule has 0 aliphatic carbocycles. The third-order valence-electron chi connectivity index (χ3n) is 4.54. The molecule has 1 atom stereocenters. The summed E-state index contributed by atoms with van der Waals surface area (Å²) in [6.45, 7) is 8.37. The zero-order valence-electron chi connectivity index (χ0n) is 16.1. The van der Waals surface area contributed by atoms with Crippen LogP contribution in [0.1, 0.15) is 51.4 Å². The van der Waals surface area contributed by atoms with Crippen molar-refractivity contribution in [2.75, 3.05) is 33.4 Å². The van der Waals surface area contributed by atoms with Crippen molar-refractivity contribution in [1.82, 2.24) is 15.0 Å². The summed E-state index contributed by atoms with van der Waals surface area (Å²) in [5.74, 6) is 1.33. The van der Waals surface area contributed by atoms with Crippen molar-refractivity contribution in [1.29, 1.82) is 0 Å². The minimum Gasteiger partial charge on any atom is -0.381 e. The Hall–Kier alpha value is -1.22. The van der Waals surface area contributed by atoms with Gasteiger partial charge in [-0.05, 0) is 25.7 Å². The fourth-order valence-electron chi connectivity index (χ4n) is 2.86. The Morgan fingerprint density at radius 3 is 2.58 bits per heavy atom. The van der Waals surface area contributed by atoms with E-state index in [4.69, 9.17) is 19.7 Å². The number of carbonyl (C=O) groups excluding carboxylic acids is 1. The van der Waals surface area contributed by atoms with Crippen molar-refractivity contribution in [3.05, 3.63) is 11.7 Å². The standard InChI is InChI=1S/C17H30N4O4.ClH/c1-12(2)10-24-13(3)15-19-14(25-20-15)9-21(4)16(22)17(11-18)5-7-23-8-6-17;/h12-13H,5-11,18H2,1-4H3;1H. The van der Waals surface area contributed by atoms with Gasteiger partial charge < -0.3 is 24.6 Å². The van der Waals surface area contributed by atoms with Crippen LogP contribution >= 0.6 is 12.4 Å². The number of hydrogen-bond acceptors (Lipinski definition) is 7. The van der Waals surface area contributed by atoms with E-state index in [1.54, 1.807) is 11.9 Å². The first-order valence-corrected chi connectivity index (χ1v) is 8.85. The Morgan fingerprint density at radius 1 is 1.35 bits per heavy atom. The van der Waals surface area contributed by atoms with Crippen molar-refractivity contribution in [2.45, 2.75) is 46.3 Å². The molecule has 1 unspecified atom stereocenters. The second-order valence-corrected chi connectivity index (χ2v) is 7.17. The van der Waals surface area contributed by atoms with Crippen molar-refractivity contribution in [2.24, 2.45) is 17.1 Å². The fourth-order valence-corrected chi connectivity index (χ4v) is 2.86. The van der Waals surface area contributed by atoms with Gasteiger partial charge in [-0.1, -0.05) is 19.0 Å². The van der Waals surface area contributed by atoms with Crippen LogP contribution in [0.5, 0.6) is 0 Å². The average Bonchev–Trinajstić information content (AvgIpc) is 3.08. The van der Waals surface area contributed by atoms with E-state index in [2.05, 4.69) is 24.0 Å². The highest BCUT2D eigenvalue weighted by Gasteiger charge is 2.40. The van der Waals surface area contributed by atoms with Crippen LogP contribution in [0, 0.1) is 11.3 Å². The van der Waals surface area contributed by atoms with Crippen molar-refractivity contribution < 1.29 is 18.8 Å². The Balaban J connectivity index is 0.00000338. The minimum atomic E-state index is -0.552. The summed E-state index contributed by atoms with van der Waals surface area (Å²) >= 11 is 0. The molecule has 2 N–H and O–H groups in total. The summed E-state index contributed by atoms with van der Waals surface area (Å²) in [4.78, 5) is 18.8. The van der Waals surface area contributed by atoms with Crippen LogP contribution in [0.15, 0.2) is 4.52 Å². The van der Waals surface area contributed by atoms with Gasteiger partial charge in [-0.2, -0.15) is 4.98 Å². The molecule has 1 saturated heterocycles. The molecule has 1 fully saturated rings. The highest BCUT2D eigenvalue weighted by molar-refractivity contribution is 5.85. The molecular formula is C17H31ClN4O4. The third-order valence-corrected chi connectivity index (χ3v) is 4.54. The molecule has 0 aromatic carbocycles. The van der Waals surface area contributed by atoms with Crippen molar-refractivity contribution >= 4 is 18.3 Å². The molecule has 1 amide bonds. The summed E-state index contributed by atoms with van der Waals surface area (Å²) in [7, 11) is 1.73. The number of amides is 1. The molecule has 0 radical (unpaired) electrons. The number of nitrogens with two attached hydrogens (primary N) is 1. The number of carbonyl (C=O) groups is 1. The van der Waals surface area contributed by atoms with Gasteiger partial charge in [0, 0.05) is 33.4 Å². The van der Waals surface area contributed by atoms with Crippen LogP contribution in [0.25, 0.3) is 0 Å². The molecule has 1 aliphatic rings. The topological polar surface area (TPSA) is 104 Å². The van der Waals surface area contributed by atoms with Crippen LogP contribution in [0.2, 0.25) is 0 Å². The van der Waals surface area contributed by atoms with Gasteiger partial charge in [0.2, 0.25) is 11.8 Å². The second kappa shape index (κ2) is 10.2. The van der Waals surface area contributed by atoms with E-state index in [9.17, 15) is 4.79 Å². The molecule has 0 bridgehead atoms. The van der Waals surface area contributed by atoms with Gasteiger partial charge in [0.25, 0.3) is 0 Å². The Bertz CT molecular complexity index is 561. The summed E-state index contributed by atoms with van der Waals surface area (Å²) in [6.07, 6.45) is 1.04. The lowest BCUT2D eigenvalue weighted by atomic mass is 9.79. The van der Waals surface area contributed by atoms with E-state index in [1.165, 1.54) is 0 Å². The number of ether oxygens (including phenoxy) is 2. The molecule has 0 saturated carbocycles. The zero-order valence-corrected chi connectivity index (χ0v) is 16.9. The highest BCUT2D eigenvalue weighted by Crippen LogP contribution is 2.31. The van der Waals surface area contributed by atoms with E-state index in [0.29, 0.717) is 56.8 Å². The summed E-state index contributed by atoms with van der Waals surface area (Å²) in [5, 5.41) is 3.96. The lowest BCUT2D eigenvalue weighted by Gasteiger charge is -2.37. The van der Waals surface area contributed by atoms with Crippen LogP contribution < -0.4 is 5.73 Å². The lowest BCUT2D eigenvalue weighted by Crippen LogP contribution is -2.49. The third kappa shape index (κ3) is 5.64. The number of halogens is 1. The second-order valence-electron chi connectivity index (χ2n) is 7.17. The van der Waals surface area contributed by atoms with Crippen molar-refractivity contribution in [3.8, 4) is 0 Å². The molecule has 26 heavy (non-hydrogen) atoms. The van der Waals surface area contributed by atoms with Crippen LogP contribution in [0.4, 0.5) is 0 Å². The Morgan fingerprint density at radius 2 is 2.00 bits per heavy atom. The number of rotatable bonds is 8. The maximum absolute atomic E-state index is 12.8. The SMILES string of the molecule is CC(C)COC(C)c1noc(CN(C)C(=O)C2(CN)CCOCC2)n1.Cl.